The molecule has 0 unspecified atom stereocenters. The Morgan fingerprint density at radius 2 is 2.00 bits per heavy atom. The number of halogens is 1. The van der Waals surface area contributed by atoms with Gasteiger partial charge >= 0.3 is 7.12 Å². The zero-order valence-electron chi connectivity index (χ0n) is 18.6. The Morgan fingerprint density at radius 3 is 2.70 bits per heavy atom. The van der Waals surface area contributed by atoms with Gasteiger partial charge in [0.05, 0.1) is 17.1 Å². The van der Waals surface area contributed by atoms with Gasteiger partial charge in [-0.2, -0.15) is 0 Å². The summed E-state index contributed by atoms with van der Waals surface area (Å²) in [5, 5.41) is 19.1. The molecule has 4 rings (SSSR count). The predicted molar refractivity (Wildman–Crippen MR) is 129 cm³/mol. The summed E-state index contributed by atoms with van der Waals surface area (Å²) in [4.78, 5) is 0. The van der Waals surface area contributed by atoms with Crippen molar-refractivity contribution in [2.45, 2.75) is 50.3 Å². The minimum Gasteiger partial charge on any atom is -0.505 e. The van der Waals surface area contributed by atoms with Crippen LogP contribution < -0.4 is 0 Å². The molecule has 0 bridgehead atoms. The zero-order chi connectivity index (χ0) is 23.6. The SMILES string of the molecule is CCCC1=C2[C@@H](CC/C(=C/c3ccc(O)c(F)c3)c3ccccc3)OB(O)C[C@@H]2S(=O)(=O)C1. The fraction of sp³-hybridized carbons (Fsp3) is 0.360. The first-order chi connectivity index (χ1) is 15.8. The van der Waals surface area contributed by atoms with Gasteiger partial charge in [-0.15, -0.1) is 0 Å². The summed E-state index contributed by atoms with van der Waals surface area (Å²) in [6, 6.07) is 13.9. The van der Waals surface area contributed by atoms with E-state index in [0.29, 0.717) is 24.8 Å². The lowest BCUT2D eigenvalue weighted by Gasteiger charge is -2.32. The molecule has 2 aliphatic rings. The van der Waals surface area contributed by atoms with E-state index in [-0.39, 0.29) is 12.1 Å². The van der Waals surface area contributed by atoms with Crippen LogP contribution in [-0.2, 0) is 14.5 Å². The smallest absolute Gasteiger partial charge is 0.456 e. The highest BCUT2D eigenvalue weighted by Gasteiger charge is 2.48. The fourth-order valence-corrected chi connectivity index (χ4v) is 7.01. The van der Waals surface area contributed by atoms with Gasteiger partial charge in [0, 0.05) is 6.32 Å². The minimum atomic E-state index is -3.33. The van der Waals surface area contributed by atoms with Gasteiger partial charge in [0.2, 0.25) is 0 Å². The number of phenolic OH excluding ortho intramolecular Hbond substituents is 1. The van der Waals surface area contributed by atoms with E-state index < -0.39 is 39.9 Å². The average Bonchev–Trinajstić information content (AvgIpc) is 3.04. The Kier molecular flexibility index (Phi) is 7.07. The molecule has 2 N–H and O–H groups in total. The fourth-order valence-electron chi connectivity index (χ4n) is 4.85. The quantitative estimate of drug-likeness (QED) is 0.351. The van der Waals surface area contributed by atoms with Crippen molar-refractivity contribution in [2.75, 3.05) is 5.75 Å². The second-order valence-corrected chi connectivity index (χ2v) is 10.9. The minimum absolute atomic E-state index is 0.0432. The molecule has 0 aromatic heterocycles. The lowest BCUT2D eigenvalue weighted by atomic mass is 9.74. The van der Waals surface area contributed by atoms with Crippen molar-refractivity contribution in [3.63, 3.8) is 0 Å². The Hall–Kier alpha value is -2.42. The molecule has 0 aliphatic carbocycles. The first-order valence-electron chi connectivity index (χ1n) is 11.3. The Labute approximate surface area is 194 Å². The molecular formula is C25H28BFO5S. The molecule has 8 heteroatoms. The number of phenols is 1. The lowest BCUT2D eigenvalue weighted by molar-refractivity contribution is 0.171. The van der Waals surface area contributed by atoms with E-state index in [2.05, 4.69) is 0 Å². The van der Waals surface area contributed by atoms with Gasteiger partial charge in [0.25, 0.3) is 0 Å². The molecule has 1 fully saturated rings. The van der Waals surface area contributed by atoms with Crippen LogP contribution in [0.2, 0.25) is 6.32 Å². The van der Waals surface area contributed by atoms with Gasteiger partial charge in [-0.05, 0) is 53.7 Å². The lowest BCUT2D eigenvalue weighted by Crippen LogP contribution is -2.41. The van der Waals surface area contributed by atoms with Crippen LogP contribution in [0.5, 0.6) is 5.75 Å². The summed E-state index contributed by atoms with van der Waals surface area (Å²) in [5.41, 5.74) is 4.25. The molecule has 0 amide bonds. The van der Waals surface area contributed by atoms with Crippen molar-refractivity contribution in [1.82, 2.24) is 0 Å². The number of allylic oxidation sites excluding steroid dienone is 1. The number of hydrogen-bond donors (Lipinski definition) is 2. The van der Waals surface area contributed by atoms with Crippen molar-refractivity contribution >= 4 is 28.6 Å². The maximum atomic E-state index is 13.9. The number of fused-ring (bicyclic) bond motifs is 1. The second-order valence-electron chi connectivity index (χ2n) is 8.70. The molecule has 2 atom stereocenters. The van der Waals surface area contributed by atoms with Gasteiger partial charge in [0.1, 0.15) is 0 Å². The van der Waals surface area contributed by atoms with Crippen LogP contribution in [0, 0.1) is 5.82 Å². The van der Waals surface area contributed by atoms with E-state index in [0.717, 1.165) is 28.7 Å². The van der Waals surface area contributed by atoms with Crippen LogP contribution in [0.4, 0.5) is 4.39 Å². The Balaban J connectivity index is 1.65. The molecule has 1 saturated heterocycles. The Morgan fingerprint density at radius 1 is 1.24 bits per heavy atom. The number of rotatable bonds is 7. The summed E-state index contributed by atoms with van der Waals surface area (Å²) in [6.45, 7) is 2.02. The van der Waals surface area contributed by atoms with Gasteiger partial charge in [-0.25, -0.2) is 12.8 Å². The first kappa shape index (κ1) is 23.7. The third kappa shape index (κ3) is 5.23. The topological polar surface area (TPSA) is 83.8 Å². The molecule has 2 aliphatic heterocycles. The van der Waals surface area contributed by atoms with E-state index in [4.69, 9.17) is 4.65 Å². The molecule has 0 spiro atoms. The summed E-state index contributed by atoms with van der Waals surface area (Å²) < 4.78 is 45.3. The van der Waals surface area contributed by atoms with E-state index >= 15 is 0 Å². The molecule has 2 aromatic carbocycles. The van der Waals surface area contributed by atoms with Crippen LogP contribution in [0.1, 0.15) is 43.7 Å². The summed E-state index contributed by atoms with van der Waals surface area (Å²) in [6.07, 6.45) is 4.04. The molecular weight excluding hydrogens is 442 g/mol. The highest BCUT2D eigenvalue weighted by Crippen LogP contribution is 2.41. The van der Waals surface area contributed by atoms with Crippen molar-refractivity contribution in [3.05, 3.63) is 76.6 Å². The highest BCUT2D eigenvalue weighted by molar-refractivity contribution is 7.92. The predicted octanol–water partition coefficient (Wildman–Crippen LogP) is 4.63. The third-order valence-corrected chi connectivity index (χ3v) is 8.40. The van der Waals surface area contributed by atoms with E-state index in [1.807, 2.05) is 43.3 Å². The summed E-state index contributed by atoms with van der Waals surface area (Å²) >= 11 is 0. The molecule has 5 nitrogen and oxygen atoms in total. The van der Waals surface area contributed by atoms with Gasteiger partial charge in [-0.1, -0.05) is 61.4 Å². The summed E-state index contributed by atoms with van der Waals surface area (Å²) in [7, 11) is -4.44. The standard InChI is InChI=1S/C25H28BFO5S/c1-2-6-20-16-33(30,31)24-15-26(29)32-23(25(20)24)12-10-19(18-7-4-3-5-8-18)13-17-9-11-22(28)21(27)14-17/h3-5,7-9,11,13-14,23-24,28-29H,2,6,10,12,15-16H2,1H3/b19-13-/t23-,24+/m1/s1. The van der Waals surface area contributed by atoms with Crippen LogP contribution in [0.3, 0.4) is 0 Å². The van der Waals surface area contributed by atoms with E-state index in [1.165, 1.54) is 12.1 Å². The second kappa shape index (κ2) is 9.83. The van der Waals surface area contributed by atoms with Gasteiger partial charge in [0.15, 0.2) is 21.4 Å². The molecule has 0 radical (unpaired) electrons. The molecule has 2 aromatic rings. The maximum Gasteiger partial charge on any atom is 0.456 e. The molecule has 0 saturated carbocycles. The monoisotopic (exact) mass is 470 g/mol. The van der Waals surface area contributed by atoms with Crippen molar-refractivity contribution in [2.24, 2.45) is 0 Å². The van der Waals surface area contributed by atoms with Crippen LogP contribution in [-0.4, -0.2) is 42.8 Å². The first-order valence-corrected chi connectivity index (χ1v) is 13.0. The number of hydrogen-bond acceptors (Lipinski definition) is 5. The van der Waals surface area contributed by atoms with Crippen molar-refractivity contribution in [1.29, 1.82) is 0 Å². The van der Waals surface area contributed by atoms with E-state index in [9.17, 15) is 22.9 Å². The average molecular weight is 470 g/mol. The Bertz CT molecular complexity index is 1180. The van der Waals surface area contributed by atoms with Crippen LogP contribution >= 0.6 is 0 Å². The largest absolute Gasteiger partial charge is 0.505 e. The molecule has 174 valence electrons. The normalized spacial score (nSPS) is 22.5. The molecule has 2 heterocycles. The number of aromatic hydroxyl groups is 1. The maximum absolute atomic E-state index is 13.9. The van der Waals surface area contributed by atoms with Gasteiger partial charge in [-0.3, -0.25) is 0 Å². The van der Waals surface area contributed by atoms with Crippen LogP contribution in [0.25, 0.3) is 11.6 Å². The molecule has 33 heavy (non-hydrogen) atoms. The highest BCUT2D eigenvalue weighted by atomic mass is 32.2. The number of sulfone groups is 1. The van der Waals surface area contributed by atoms with Crippen LogP contribution in [0.15, 0.2) is 59.7 Å². The van der Waals surface area contributed by atoms with Crippen molar-refractivity contribution in [3.8, 4) is 5.75 Å². The van der Waals surface area contributed by atoms with E-state index in [1.54, 1.807) is 6.07 Å². The number of benzene rings is 2. The van der Waals surface area contributed by atoms with Crippen molar-refractivity contribution < 1.29 is 27.6 Å². The zero-order valence-corrected chi connectivity index (χ0v) is 19.4. The third-order valence-electron chi connectivity index (χ3n) is 6.33. The summed E-state index contributed by atoms with van der Waals surface area (Å²) in [5.74, 6) is -1.05. The van der Waals surface area contributed by atoms with Gasteiger partial charge < -0.3 is 14.8 Å².